The van der Waals surface area contributed by atoms with E-state index in [1.165, 1.54) is 0 Å². The standard InChI is InChI=1S/C13H18N2O/c1-4-11(5-2)15-7-6-10-8-9(3)14-13(16)12(10)15/h6-8,11H,4-5H2,1-3H3,(H,14,16). The highest BCUT2D eigenvalue weighted by atomic mass is 16.1. The second-order valence-electron chi connectivity index (χ2n) is 4.28. The molecule has 0 saturated carbocycles. The normalized spacial score (nSPS) is 11.5. The first kappa shape index (κ1) is 11.0. The molecule has 0 fully saturated rings. The Morgan fingerprint density at radius 3 is 2.69 bits per heavy atom. The van der Waals surface area contributed by atoms with Crippen molar-refractivity contribution >= 4 is 10.9 Å². The van der Waals surface area contributed by atoms with Crippen molar-refractivity contribution in [2.24, 2.45) is 0 Å². The fourth-order valence-corrected chi connectivity index (χ4v) is 2.32. The van der Waals surface area contributed by atoms with E-state index in [2.05, 4.69) is 23.4 Å². The molecule has 0 unspecified atom stereocenters. The van der Waals surface area contributed by atoms with Crippen LogP contribution in [-0.4, -0.2) is 9.55 Å². The maximum Gasteiger partial charge on any atom is 0.272 e. The van der Waals surface area contributed by atoms with Crippen LogP contribution in [-0.2, 0) is 0 Å². The van der Waals surface area contributed by atoms with E-state index in [1.54, 1.807) is 0 Å². The molecule has 3 heteroatoms. The SMILES string of the molecule is CCC(CC)n1ccc2cc(C)[nH]c(=O)c21. The fourth-order valence-electron chi connectivity index (χ4n) is 2.32. The van der Waals surface area contributed by atoms with Gasteiger partial charge in [-0.1, -0.05) is 13.8 Å². The number of aryl methyl sites for hydroxylation is 1. The van der Waals surface area contributed by atoms with Gasteiger partial charge in [-0.15, -0.1) is 0 Å². The molecule has 0 amide bonds. The highest BCUT2D eigenvalue weighted by Crippen LogP contribution is 2.21. The number of aromatic amines is 1. The number of aromatic nitrogens is 2. The summed E-state index contributed by atoms with van der Waals surface area (Å²) in [4.78, 5) is 14.8. The van der Waals surface area contributed by atoms with Crippen LogP contribution in [0.1, 0.15) is 38.4 Å². The maximum absolute atomic E-state index is 11.9. The van der Waals surface area contributed by atoms with E-state index in [0.717, 1.165) is 29.4 Å². The summed E-state index contributed by atoms with van der Waals surface area (Å²) >= 11 is 0. The van der Waals surface area contributed by atoms with Crippen molar-refractivity contribution < 1.29 is 0 Å². The van der Waals surface area contributed by atoms with Gasteiger partial charge in [-0.3, -0.25) is 4.79 Å². The number of pyridine rings is 1. The van der Waals surface area contributed by atoms with Crippen molar-refractivity contribution in [2.45, 2.75) is 39.7 Å². The summed E-state index contributed by atoms with van der Waals surface area (Å²) in [6, 6.07) is 4.47. The molecular weight excluding hydrogens is 200 g/mol. The summed E-state index contributed by atoms with van der Waals surface area (Å²) in [7, 11) is 0. The first-order valence-corrected chi connectivity index (χ1v) is 5.87. The van der Waals surface area contributed by atoms with Crippen LogP contribution in [0.5, 0.6) is 0 Å². The second-order valence-corrected chi connectivity index (χ2v) is 4.28. The highest BCUT2D eigenvalue weighted by Gasteiger charge is 2.12. The largest absolute Gasteiger partial charge is 0.340 e. The Labute approximate surface area is 95.1 Å². The van der Waals surface area contributed by atoms with Gasteiger partial charge in [0.1, 0.15) is 5.52 Å². The molecule has 0 bridgehead atoms. The van der Waals surface area contributed by atoms with Crippen molar-refractivity contribution in [3.8, 4) is 0 Å². The zero-order chi connectivity index (χ0) is 11.7. The number of hydrogen-bond acceptors (Lipinski definition) is 1. The van der Waals surface area contributed by atoms with Crippen molar-refractivity contribution in [1.82, 2.24) is 9.55 Å². The lowest BCUT2D eigenvalue weighted by Gasteiger charge is -2.15. The van der Waals surface area contributed by atoms with Crippen molar-refractivity contribution in [2.75, 3.05) is 0 Å². The molecule has 2 rings (SSSR count). The third-order valence-electron chi connectivity index (χ3n) is 3.18. The smallest absolute Gasteiger partial charge is 0.272 e. The minimum atomic E-state index is 0.0203. The summed E-state index contributed by atoms with van der Waals surface area (Å²) in [5.74, 6) is 0. The summed E-state index contributed by atoms with van der Waals surface area (Å²) in [5, 5.41) is 1.04. The van der Waals surface area contributed by atoms with E-state index >= 15 is 0 Å². The van der Waals surface area contributed by atoms with E-state index in [1.807, 2.05) is 25.3 Å². The molecule has 3 nitrogen and oxygen atoms in total. The summed E-state index contributed by atoms with van der Waals surface area (Å²) < 4.78 is 2.10. The number of fused-ring (bicyclic) bond motifs is 1. The molecule has 0 aliphatic heterocycles. The molecule has 2 aromatic rings. The molecule has 0 spiro atoms. The minimum Gasteiger partial charge on any atom is -0.340 e. The predicted octanol–water partition coefficient (Wildman–Crippen LogP) is 3.00. The van der Waals surface area contributed by atoms with E-state index in [4.69, 9.17) is 0 Å². The van der Waals surface area contributed by atoms with Crippen LogP contribution in [0.4, 0.5) is 0 Å². The third-order valence-corrected chi connectivity index (χ3v) is 3.18. The average Bonchev–Trinajstić information content (AvgIpc) is 2.64. The molecule has 0 aromatic carbocycles. The molecule has 1 N–H and O–H groups in total. The van der Waals surface area contributed by atoms with Crippen molar-refractivity contribution in [1.29, 1.82) is 0 Å². The highest BCUT2D eigenvalue weighted by molar-refractivity contribution is 5.79. The number of rotatable bonds is 3. The third kappa shape index (κ3) is 1.66. The zero-order valence-electron chi connectivity index (χ0n) is 10.1. The number of nitrogens with zero attached hydrogens (tertiary/aromatic N) is 1. The number of hydrogen-bond donors (Lipinski definition) is 1. The summed E-state index contributed by atoms with van der Waals surface area (Å²) in [6.07, 6.45) is 4.12. The Hall–Kier alpha value is -1.51. The predicted molar refractivity (Wildman–Crippen MR) is 66.9 cm³/mol. The molecule has 86 valence electrons. The number of H-pyrrole nitrogens is 1. The molecule has 2 heterocycles. The molecule has 2 aromatic heterocycles. The number of nitrogens with one attached hydrogen (secondary N) is 1. The first-order valence-electron chi connectivity index (χ1n) is 5.87. The Morgan fingerprint density at radius 2 is 2.06 bits per heavy atom. The Bertz CT molecular complexity index is 547. The van der Waals surface area contributed by atoms with Crippen LogP contribution in [0.25, 0.3) is 10.9 Å². The van der Waals surface area contributed by atoms with Gasteiger partial charge < -0.3 is 9.55 Å². The minimum absolute atomic E-state index is 0.0203. The molecule has 0 saturated heterocycles. The Morgan fingerprint density at radius 1 is 1.38 bits per heavy atom. The van der Waals surface area contributed by atoms with Gasteiger partial charge in [0.2, 0.25) is 0 Å². The van der Waals surface area contributed by atoms with Gasteiger partial charge in [-0.2, -0.15) is 0 Å². The van der Waals surface area contributed by atoms with E-state index < -0.39 is 0 Å². The van der Waals surface area contributed by atoms with Crippen LogP contribution >= 0.6 is 0 Å². The van der Waals surface area contributed by atoms with Crippen molar-refractivity contribution in [3.63, 3.8) is 0 Å². The van der Waals surface area contributed by atoms with Crippen LogP contribution in [0.2, 0.25) is 0 Å². The van der Waals surface area contributed by atoms with Gasteiger partial charge in [0.25, 0.3) is 5.56 Å². The van der Waals surface area contributed by atoms with Gasteiger partial charge in [0.15, 0.2) is 0 Å². The van der Waals surface area contributed by atoms with Gasteiger partial charge in [0, 0.05) is 23.3 Å². The van der Waals surface area contributed by atoms with Crippen LogP contribution in [0, 0.1) is 6.92 Å². The van der Waals surface area contributed by atoms with E-state index in [-0.39, 0.29) is 5.56 Å². The first-order chi connectivity index (χ1) is 7.67. The second kappa shape index (κ2) is 4.16. The van der Waals surface area contributed by atoms with Crippen LogP contribution in [0.15, 0.2) is 23.1 Å². The van der Waals surface area contributed by atoms with Crippen molar-refractivity contribution in [3.05, 3.63) is 34.4 Å². The monoisotopic (exact) mass is 218 g/mol. The lowest BCUT2D eigenvalue weighted by molar-refractivity contribution is 0.485. The molecular formula is C13H18N2O. The van der Waals surface area contributed by atoms with E-state index in [9.17, 15) is 4.79 Å². The zero-order valence-corrected chi connectivity index (χ0v) is 10.1. The molecule has 16 heavy (non-hydrogen) atoms. The van der Waals surface area contributed by atoms with Crippen LogP contribution < -0.4 is 5.56 Å². The van der Waals surface area contributed by atoms with Gasteiger partial charge in [0.05, 0.1) is 0 Å². The topological polar surface area (TPSA) is 37.8 Å². The van der Waals surface area contributed by atoms with E-state index in [0.29, 0.717) is 6.04 Å². The molecule has 0 aliphatic carbocycles. The Balaban J connectivity index is 2.69. The van der Waals surface area contributed by atoms with Gasteiger partial charge >= 0.3 is 0 Å². The molecule has 0 atom stereocenters. The lowest BCUT2D eigenvalue weighted by Crippen LogP contribution is -2.14. The maximum atomic E-state index is 11.9. The average molecular weight is 218 g/mol. The lowest BCUT2D eigenvalue weighted by atomic mass is 10.1. The quantitative estimate of drug-likeness (QED) is 0.845. The Kier molecular flexibility index (Phi) is 2.86. The van der Waals surface area contributed by atoms with Gasteiger partial charge in [-0.05, 0) is 31.9 Å². The summed E-state index contributed by atoms with van der Waals surface area (Å²) in [5.41, 5.74) is 1.74. The van der Waals surface area contributed by atoms with Gasteiger partial charge in [-0.25, -0.2) is 0 Å². The fraction of sp³-hybridized carbons (Fsp3) is 0.462. The summed E-state index contributed by atoms with van der Waals surface area (Å²) in [6.45, 7) is 6.22. The molecule has 0 radical (unpaired) electrons. The van der Waals surface area contributed by atoms with Crippen LogP contribution in [0.3, 0.4) is 0 Å². The molecule has 0 aliphatic rings.